The number of imide groups is 1. The maximum Gasteiger partial charge on any atom is 0.417 e. The van der Waals surface area contributed by atoms with E-state index in [1.807, 2.05) is 0 Å². The Labute approximate surface area is 226 Å². The number of nitrogens with zero attached hydrogens (tertiary/aromatic N) is 5. The van der Waals surface area contributed by atoms with Crippen LogP contribution in [0.15, 0.2) is 57.6 Å². The summed E-state index contributed by atoms with van der Waals surface area (Å²) in [4.78, 5) is 35.7. The number of halogens is 3. The molecule has 4 rings (SSSR count). The molecule has 16 heteroatoms. The number of amides is 2. The lowest BCUT2D eigenvalue weighted by atomic mass is 10.1. The average molecular weight is 564 g/mol. The van der Waals surface area contributed by atoms with Crippen molar-refractivity contribution in [3.05, 3.63) is 70.6 Å². The van der Waals surface area contributed by atoms with Crippen molar-refractivity contribution < 1.29 is 32.4 Å². The van der Waals surface area contributed by atoms with E-state index in [9.17, 15) is 27.9 Å². The van der Waals surface area contributed by atoms with Crippen LogP contribution in [0.2, 0.25) is 0 Å². The third-order valence-corrected chi connectivity index (χ3v) is 6.21. The minimum Gasteiger partial charge on any atom is -0.382 e. The molecule has 0 spiro atoms. The number of aliphatic imine (C=N–C) groups is 1. The molecule has 0 saturated carbocycles. The Kier molecular flexibility index (Phi) is 8.27. The summed E-state index contributed by atoms with van der Waals surface area (Å²) in [6.07, 6.45) is -1.98. The predicted molar refractivity (Wildman–Crippen MR) is 134 cm³/mol. The Balaban J connectivity index is 1.49. The van der Waals surface area contributed by atoms with E-state index in [1.165, 1.54) is 12.4 Å². The van der Waals surface area contributed by atoms with Crippen LogP contribution in [0.4, 0.5) is 13.2 Å². The van der Waals surface area contributed by atoms with Crippen LogP contribution in [0.1, 0.15) is 29.5 Å². The molecule has 214 valence electrons. The Morgan fingerprint density at radius 2 is 2.12 bits per heavy atom. The van der Waals surface area contributed by atoms with Gasteiger partial charge in [-0.15, -0.1) is 0 Å². The van der Waals surface area contributed by atoms with E-state index in [0.717, 1.165) is 17.2 Å². The SMILES string of the molecule is CNC1=C(C(=O)N(C=O)Cc2cc(C)on2)N([C@@H](C)C(O)NC2=CNCC(c3cncc(C(F)(F)F)c3)=N2)CN1. The van der Waals surface area contributed by atoms with Gasteiger partial charge in [-0.05, 0) is 19.9 Å². The molecule has 2 aliphatic heterocycles. The molecule has 2 atom stereocenters. The highest BCUT2D eigenvalue weighted by molar-refractivity contribution is 6.03. The minimum absolute atomic E-state index is 0.109. The lowest BCUT2D eigenvalue weighted by Gasteiger charge is -2.33. The predicted octanol–water partition coefficient (Wildman–Crippen LogP) is 0.321. The van der Waals surface area contributed by atoms with Crippen LogP contribution >= 0.6 is 0 Å². The van der Waals surface area contributed by atoms with E-state index in [-0.39, 0.29) is 42.6 Å². The molecule has 2 aromatic heterocycles. The second-order valence-corrected chi connectivity index (χ2v) is 9.00. The van der Waals surface area contributed by atoms with Gasteiger partial charge in [0.05, 0.1) is 37.1 Å². The van der Waals surface area contributed by atoms with Crippen LogP contribution in [0, 0.1) is 6.92 Å². The summed E-state index contributed by atoms with van der Waals surface area (Å²) < 4.78 is 44.4. The molecule has 0 aromatic carbocycles. The van der Waals surface area contributed by atoms with Gasteiger partial charge in [0.15, 0.2) is 0 Å². The van der Waals surface area contributed by atoms with Gasteiger partial charge in [-0.25, -0.2) is 4.99 Å². The normalized spacial score (nSPS) is 16.8. The third kappa shape index (κ3) is 6.17. The first-order valence-electron chi connectivity index (χ1n) is 12.1. The van der Waals surface area contributed by atoms with Gasteiger partial charge in [-0.3, -0.25) is 19.5 Å². The zero-order chi connectivity index (χ0) is 29.0. The average Bonchev–Trinajstić information content (AvgIpc) is 3.56. The van der Waals surface area contributed by atoms with E-state index in [0.29, 0.717) is 23.7 Å². The van der Waals surface area contributed by atoms with Crippen molar-refractivity contribution in [1.29, 1.82) is 0 Å². The summed E-state index contributed by atoms with van der Waals surface area (Å²) >= 11 is 0. The Morgan fingerprint density at radius 1 is 1.35 bits per heavy atom. The van der Waals surface area contributed by atoms with E-state index in [1.54, 1.807) is 31.9 Å². The minimum atomic E-state index is -4.56. The van der Waals surface area contributed by atoms with Crippen molar-refractivity contribution >= 4 is 18.0 Å². The summed E-state index contributed by atoms with van der Waals surface area (Å²) in [6.45, 7) is 3.49. The largest absolute Gasteiger partial charge is 0.417 e. The lowest BCUT2D eigenvalue weighted by molar-refractivity contribution is -0.138. The van der Waals surface area contributed by atoms with Crippen molar-refractivity contribution in [2.75, 3.05) is 20.3 Å². The van der Waals surface area contributed by atoms with Crippen LogP contribution in [-0.2, 0) is 22.3 Å². The molecule has 1 unspecified atom stereocenters. The van der Waals surface area contributed by atoms with Crippen LogP contribution in [-0.4, -0.2) is 75.6 Å². The van der Waals surface area contributed by atoms with Crippen LogP contribution < -0.4 is 21.3 Å². The van der Waals surface area contributed by atoms with Crippen LogP contribution in [0.3, 0.4) is 0 Å². The molecule has 0 bridgehead atoms. The summed E-state index contributed by atoms with van der Waals surface area (Å²) in [7, 11) is 1.60. The summed E-state index contributed by atoms with van der Waals surface area (Å²) in [5, 5.41) is 26.4. The number of hydrogen-bond acceptors (Lipinski definition) is 12. The summed E-state index contributed by atoms with van der Waals surface area (Å²) in [6, 6.07) is 1.82. The summed E-state index contributed by atoms with van der Waals surface area (Å²) in [5.74, 6) is 0.395. The number of aryl methyl sites for hydroxylation is 1. The van der Waals surface area contributed by atoms with E-state index < -0.39 is 29.9 Å². The Hall–Kier alpha value is -4.60. The number of aliphatic hydroxyl groups excluding tert-OH is 1. The van der Waals surface area contributed by atoms with Crippen molar-refractivity contribution in [3.63, 3.8) is 0 Å². The zero-order valence-corrected chi connectivity index (χ0v) is 21.8. The quantitative estimate of drug-likeness (QED) is 0.200. The topological polar surface area (TPSA) is 160 Å². The Bertz CT molecular complexity index is 1360. The number of nitrogens with one attached hydrogen (secondary N) is 4. The molecular formula is C24H28F3N9O4. The molecule has 4 heterocycles. The highest BCUT2D eigenvalue weighted by Crippen LogP contribution is 2.29. The van der Waals surface area contributed by atoms with Crippen molar-refractivity contribution in [2.24, 2.45) is 4.99 Å². The highest BCUT2D eigenvalue weighted by atomic mass is 19.4. The number of hydrogen-bond donors (Lipinski definition) is 5. The summed E-state index contributed by atoms with van der Waals surface area (Å²) in [5.41, 5.74) is 0.0478. The first kappa shape index (κ1) is 28.4. The first-order valence-corrected chi connectivity index (χ1v) is 12.1. The fraction of sp³-hybridized carbons (Fsp3) is 0.375. The van der Waals surface area contributed by atoms with Crippen molar-refractivity contribution in [2.45, 2.75) is 38.8 Å². The monoisotopic (exact) mass is 563 g/mol. The van der Waals surface area contributed by atoms with E-state index in [2.05, 4.69) is 36.4 Å². The first-order chi connectivity index (χ1) is 19.0. The fourth-order valence-electron chi connectivity index (χ4n) is 4.11. The standard InChI is InChI=1S/C24H28F3N9O4/c1-13-4-17(34-40-13)10-35(12-37)23(39)20-21(28-3)31-11-36(20)14(2)22(38)33-19-9-30-8-18(32-19)15-5-16(7-29-6-15)24(25,26)27/h4-7,9,12,14,22,28,30-31,33,38H,8,10-11H2,1-3H3/t14-,22?/m0/s1. The van der Waals surface area contributed by atoms with E-state index >= 15 is 0 Å². The molecule has 2 aromatic rings. The Morgan fingerprint density at radius 3 is 2.77 bits per heavy atom. The van der Waals surface area contributed by atoms with E-state index in [4.69, 9.17) is 4.52 Å². The molecule has 0 aliphatic carbocycles. The molecule has 13 nitrogen and oxygen atoms in total. The number of aliphatic hydroxyl groups is 1. The fourth-order valence-corrected chi connectivity index (χ4v) is 4.11. The maximum absolute atomic E-state index is 13.4. The smallest absolute Gasteiger partial charge is 0.382 e. The van der Waals surface area contributed by atoms with Gasteiger partial charge in [-0.2, -0.15) is 13.2 Å². The second kappa shape index (κ2) is 11.6. The number of carbonyl (C=O) groups excluding carboxylic acids is 2. The van der Waals surface area contributed by atoms with Crippen LogP contribution in [0.25, 0.3) is 0 Å². The zero-order valence-electron chi connectivity index (χ0n) is 21.8. The van der Waals surface area contributed by atoms with Crippen molar-refractivity contribution in [1.82, 2.24) is 41.2 Å². The number of rotatable bonds is 10. The molecule has 2 amide bonds. The van der Waals surface area contributed by atoms with Gasteiger partial charge >= 0.3 is 6.18 Å². The van der Waals surface area contributed by atoms with Gasteiger partial charge in [-0.1, -0.05) is 5.16 Å². The molecule has 40 heavy (non-hydrogen) atoms. The van der Waals surface area contributed by atoms with Gasteiger partial charge in [0.1, 0.15) is 35.0 Å². The van der Waals surface area contributed by atoms with Crippen molar-refractivity contribution in [3.8, 4) is 0 Å². The van der Waals surface area contributed by atoms with Gasteiger partial charge in [0.25, 0.3) is 5.91 Å². The number of pyridine rings is 1. The van der Waals surface area contributed by atoms with Gasteiger partial charge in [0, 0.05) is 37.3 Å². The van der Waals surface area contributed by atoms with Crippen LogP contribution in [0.5, 0.6) is 0 Å². The molecule has 5 N–H and O–H groups in total. The molecule has 2 aliphatic rings. The lowest BCUT2D eigenvalue weighted by Crippen LogP contribution is -2.50. The van der Waals surface area contributed by atoms with Gasteiger partial charge < -0.3 is 35.8 Å². The number of aromatic nitrogens is 2. The third-order valence-electron chi connectivity index (χ3n) is 6.21. The maximum atomic E-state index is 13.4. The molecule has 0 fully saturated rings. The molecular weight excluding hydrogens is 535 g/mol. The van der Waals surface area contributed by atoms with Gasteiger partial charge in [0.2, 0.25) is 6.41 Å². The number of carbonyl (C=O) groups is 2. The molecule has 0 radical (unpaired) electrons. The molecule has 0 saturated heterocycles. The second-order valence-electron chi connectivity index (χ2n) is 9.00. The highest BCUT2D eigenvalue weighted by Gasteiger charge is 2.37. The number of alkyl halides is 3.